The molecule has 2 heterocycles. The number of hydrogen-bond donors (Lipinski definition) is 1. The number of carbonyl (C=O) groups is 1. The summed E-state index contributed by atoms with van der Waals surface area (Å²) in [6.07, 6.45) is -3.13. The maximum Gasteiger partial charge on any atom is 0.416 e. The van der Waals surface area contributed by atoms with E-state index >= 15 is 0 Å². The first-order valence-corrected chi connectivity index (χ1v) is 9.82. The molecule has 0 radical (unpaired) electrons. The number of hydrogen-bond acceptors (Lipinski definition) is 5. The Morgan fingerprint density at radius 1 is 1.14 bits per heavy atom. The topological polar surface area (TPSA) is 59.8 Å². The summed E-state index contributed by atoms with van der Waals surface area (Å²) in [5.41, 5.74) is 1.89. The van der Waals surface area contributed by atoms with E-state index in [1.807, 2.05) is 24.6 Å². The number of anilines is 2. The van der Waals surface area contributed by atoms with Crippen LogP contribution in [0.15, 0.2) is 36.4 Å². The first-order chi connectivity index (χ1) is 13.8. The zero-order chi connectivity index (χ0) is 20.8. The lowest BCUT2D eigenvalue weighted by Crippen LogP contribution is -2.03. The van der Waals surface area contributed by atoms with Crippen molar-refractivity contribution in [2.75, 3.05) is 5.32 Å². The van der Waals surface area contributed by atoms with Gasteiger partial charge >= 0.3 is 6.18 Å². The van der Waals surface area contributed by atoms with Crippen LogP contribution in [-0.4, -0.2) is 20.3 Å². The number of nitrogens with zero attached hydrogens (tertiary/aromatic N) is 3. The van der Waals surface area contributed by atoms with Crippen LogP contribution in [0.2, 0.25) is 0 Å². The van der Waals surface area contributed by atoms with Crippen LogP contribution in [0.25, 0.3) is 21.3 Å². The van der Waals surface area contributed by atoms with Gasteiger partial charge in [-0.05, 0) is 42.8 Å². The number of thiazole rings is 1. The molecular weight excluding hydrogens is 401 g/mol. The number of fused-ring (bicyclic) bond motifs is 2. The fourth-order valence-corrected chi connectivity index (χ4v) is 4.01. The van der Waals surface area contributed by atoms with Gasteiger partial charge in [-0.15, -0.1) is 0 Å². The van der Waals surface area contributed by atoms with Gasteiger partial charge in [-0.3, -0.25) is 4.79 Å². The molecule has 0 spiro atoms. The number of Topliss-reactive ketones (excluding diaryl/α,β-unsaturated/α-hetero) is 1. The Morgan fingerprint density at radius 2 is 1.93 bits per heavy atom. The standard InChI is InChI=1S/C20H17F3N4OS/c1-3-4-16(28)11-5-8-15-14(9-11)24-18(27(15)2)26-19-25-13-7-6-12(20(21,22)23)10-17(13)29-19/h5-10H,3-4H2,1-2H3,(H,24,25,26). The second-order valence-electron chi connectivity index (χ2n) is 6.70. The van der Waals surface area contributed by atoms with Crippen molar-refractivity contribution in [3.8, 4) is 0 Å². The first kappa shape index (κ1) is 19.4. The van der Waals surface area contributed by atoms with E-state index in [2.05, 4.69) is 15.3 Å². The third-order valence-corrected chi connectivity index (χ3v) is 5.55. The van der Waals surface area contributed by atoms with E-state index in [-0.39, 0.29) is 5.78 Å². The van der Waals surface area contributed by atoms with Crippen molar-refractivity contribution >= 4 is 49.4 Å². The fourth-order valence-electron chi connectivity index (χ4n) is 3.11. The number of ketones is 1. The Labute approximate surface area is 168 Å². The molecule has 5 nitrogen and oxygen atoms in total. The largest absolute Gasteiger partial charge is 0.416 e. The minimum absolute atomic E-state index is 0.0706. The minimum atomic E-state index is -4.39. The van der Waals surface area contributed by atoms with Gasteiger partial charge in [0.2, 0.25) is 5.95 Å². The number of carbonyl (C=O) groups excluding carboxylic acids is 1. The van der Waals surface area contributed by atoms with Crippen LogP contribution < -0.4 is 5.32 Å². The highest BCUT2D eigenvalue weighted by atomic mass is 32.1. The molecule has 4 rings (SSSR count). The molecule has 0 aliphatic rings. The SMILES string of the molecule is CCCC(=O)c1ccc2c(c1)nc(Nc1nc3ccc(C(F)(F)F)cc3s1)n2C. The first-order valence-electron chi connectivity index (χ1n) is 9.00. The van der Waals surface area contributed by atoms with Crippen LogP contribution >= 0.6 is 11.3 Å². The van der Waals surface area contributed by atoms with E-state index < -0.39 is 11.7 Å². The highest BCUT2D eigenvalue weighted by molar-refractivity contribution is 7.22. The molecule has 0 atom stereocenters. The number of aryl methyl sites for hydroxylation is 1. The normalized spacial score (nSPS) is 12.0. The Balaban J connectivity index is 1.66. The molecule has 0 bridgehead atoms. The number of nitrogens with one attached hydrogen (secondary N) is 1. The van der Waals surface area contributed by atoms with Crippen LogP contribution in [0.4, 0.5) is 24.3 Å². The van der Waals surface area contributed by atoms with E-state index in [0.29, 0.717) is 38.8 Å². The lowest BCUT2D eigenvalue weighted by molar-refractivity contribution is -0.137. The summed E-state index contributed by atoms with van der Waals surface area (Å²) < 4.78 is 41.0. The maximum atomic E-state index is 12.9. The molecule has 0 saturated heterocycles. The third-order valence-electron chi connectivity index (χ3n) is 4.61. The van der Waals surface area contributed by atoms with Crippen LogP contribution in [-0.2, 0) is 13.2 Å². The zero-order valence-electron chi connectivity index (χ0n) is 15.7. The van der Waals surface area contributed by atoms with Gasteiger partial charge in [0.25, 0.3) is 0 Å². The number of halogens is 3. The molecule has 150 valence electrons. The summed E-state index contributed by atoms with van der Waals surface area (Å²) in [5, 5.41) is 3.52. The Hall–Kier alpha value is -2.94. The predicted molar refractivity (Wildman–Crippen MR) is 108 cm³/mol. The Bertz CT molecular complexity index is 1230. The quantitative estimate of drug-likeness (QED) is 0.408. The average Bonchev–Trinajstić information content (AvgIpc) is 3.21. The molecule has 0 saturated carbocycles. The van der Waals surface area contributed by atoms with Gasteiger partial charge in [-0.25, -0.2) is 9.97 Å². The fraction of sp³-hybridized carbons (Fsp3) is 0.250. The molecule has 0 fully saturated rings. The molecule has 2 aromatic carbocycles. The molecule has 29 heavy (non-hydrogen) atoms. The van der Waals surface area contributed by atoms with Gasteiger partial charge < -0.3 is 9.88 Å². The third kappa shape index (κ3) is 3.69. The van der Waals surface area contributed by atoms with Crippen molar-refractivity contribution in [1.82, 2.24) is 14.5 Å². The minimum Gasteiger partial charge on any atom is -0.313 e. The number of rotatable bonds is 5. The van der Waals surface area contributed by atoms with Crippen molar-refractivity contribution in [3.05, 3.63) is 47.5 Å². The van der Waals surface area contributed by atoms with Gasteiger partial charge in [0.15, 0.2) is 10.9 Å². The number of alkyl halides is 3. The smallest absolute Gasteiger partial charge is 0.313 e. The van der Waals surface area contributed by atoms with E-state index in [9.17, 15) is 18.0 Å². The second kappa shape index (κ2) is 7.14. The van der Waals surface area contributed by atoms with Crippen LogP contribution in [0.1, 0.15) is 35.7 Å². The van der Waals surface area contributed by atoms with E-state index in [1.54, 1.807) is 12.1 Å². The molecule has 0 amide bonds. The summed E-state index contributed by atoms with van der Waals surface area (Å²) >= 11 is 1.13. The van der Waals surface area contributed by atoms with Gasteiger partial charge in [0.1, 0.15) is 0 Å². The lowest BCUT2D eigenvalue weighted by Gasteiger charge is -2.04. The van der Waals surface area contributed by atoms with Crippen molar-refractivity contribution in [3.63, 3.8) is 0 Å². The summed E-state index contributed by atoms with van der Waals surface area (Å²) in [6.45, 7) is 1.95. The molecule has 2 aromatic heterocycles. The van der Waals surface area contributed by atoms with E-state index in [0.717, 1.165) is 35.4 Å². The highest BCUT2D eigenvalue weighted by Gasteiger charge is 2.30. The number of imidazole rings is 1. The Morgan fingerprint density at radius 3 is 2.66 bits per heavy atom. The van der Waals surface area contributed by atoms with Crippen molar-refractivity contribution in [2.24, 2.45) is 7.05 Å². The van der Waals surface area contributed by atoms with Crippen molar-refractivity contribution in [1.29, 1.82) is 0 Å². The lowest BCUT2D eigenvalue weighted by atomic mass is 10.1. The highest BCUT2D eigenvalue weighted by Crippen LogP contribution is 2.35. The van der Waals surface area contributed by atoms with Gasteiger partial charge in [-0.1, -0.05) is 18.3 Å². The monoisotopic (exact) mass is 418 g/mol. The van der Waals surface area contributed by atoms with Crippen molar-refractivity contribution < 1.29 is 18.0 Å². The molecule has 4 aromatic rings. The molecular formula is C20H17F3N4OS. The molecule has 9 heteroatoms. The summed E-state index contributed by atoms with van der Waals surface area (Å²) in [7, 11) is 1.82. The van der Waals surface area contributed by atoms with E-state index in [4.69, 9.17) is 0 Å². The molecule has 1 N–H and O–H groups in total. The Kier molecular flexibility index (Phi) is 4.77. The summed E-state index contributed by atoms with van der Waals surface area (Å²) in [6, 6.07) is 8.85. The second-order valence-corrected chi connectivity index (χ2v) is 7.73. The van der Waals surface area contributed by atoms with Crippen LogP contribution in [0.3, 0.4) is 0 Å². The average molecular weight is 418 g/mol. The summed E-state index contributed by atoms with van der Waals surface area (Å²) in [5.74, 6) is 0.566. The predicted octanol–water partition coefficient (Wildman–Crippen LogP) is 5.93. The van der Waals surface area contributed by atoms with E-state index in [1.165, 1.54) is 6.07 Å². The zero-order valence-corrected chi connectivity index (χ0v) is 16.5. The van der Waals surface area contributed by atoms with Crippen LogP contribution in [0.5, 0.6) is 0 Å². The molecule has 0 unspecified atom stereocenters. The summed E-state index contributed by atoms with van der Waals surface area (Å²) in [4.78, 5) is 21.0. The van der Waals surface area contributed by atoms with Gasteiger partial charge in [-0.2, -0.15) is 13.2 Å². The van der Waals surface area contributed by atoms with Crippen LogP contribution in [0, 0.1) is 0 Å². The van der Waals surface area contributed by atoms with Gasteiger partial charge in [0, 0.05) is 19.0 Å². The number of aromatic nitrogens is 3. The van der Waals surface area contributed by atoms with Gasteiger partial charge in [0.05, 0.1) is 26.8 Å². The molecule has 0 aliphatic heterocycles. The maximum absolute atomic E-state index is 12.9. The van der Waals surface area contributed by atoms with Crippen molar-refractivity contribution in [2.45, 2.75) is 25.9 Å². The number of benzene rings is 2. The molecule has 0 aliphatic carbocycles.